The fourth-order valence-corrected chi connectivity index (χ4v) is 2.66. The van der Waals surface area contributed by atoms with Crippen LogP contribution in [0.4, 0.5) is 5.88 Å². The van der Waals surface area contributed by atoms with Crippen molar-refractivity contribution < 1.29 is 14.1 Å². The van der Waals surface area contributed by atoms with E-state index in [1.54, 1.807) is 19.1 Å². The largest absolute Gasteiger partial charge is 0.494 e. The smallest absolute Gasteiger partial charge is 0.266 e. The zero-order valence-corrected chi connectivity index (χ0v) is 15.8. The van der Waals surface area contributed by atoms with E-state index in [0.717, 1.165) is 11.3 Å². The number of ether oxygens (including phenoxy) is 1. The van der Waals surface area contributed by atoms with Crippen LogP contribution in [0.1, 0.15) is 25.5 Å². The number of amides is 1. The maximum Gasteiger partial charge on any atom is 0.266 e. The predicted molar refractivity (Wildman–Crippen MR) is 104 cm³/mol. The standard InChI is InChI=1S/C20H22N4O4/c1-3-27-16-8-6-15(7-9-16)17-10-11-20(26)24(22-17)12-4-5-18(25)21-19-13-14(2)23-28-19/h6-11,13H,3-5,12H2,1-2H3,(H,21,25). The number of aryl methyl sites for hydroxylation is 2. The molecule has 2 heterocycles. The van der Waals surface area contributed by atoms with Crippen molar-refractivity contribution in [2.45, 2.75) is 33.2 Å². The molecule has 0 saturated heterocycles. The van der Waals surface area contributed by atoms with Gasteiger partial charge in [0.2, 0.25) is 11.8 Å². The van der Waals surface area contributed by atoms with Crippen molar-refractivity contribution in [2.24, 2.45) is 0 Å². The third kappa shape index (κ3) is 5.06. The summed E-state index contributed by atoms with van der Waals surface area (Å²) >= 11 is 0. The van der Waals surface area contributed by atoms with Crippen molar-refractivity contribution in [1.82, 2.24) is 14.9 Å². The molecule has 28 heavy (non-hydrogen) atoms. The van der Waals surface area contributed by atoms with Crippen LogP contribution in [0.2, 0.25) is 0 Å². The number of carbonyl (C=O) groups is 1. The van der Waals surface area contributed by atoms with Gasteiger partial charge in [-0.2, -0.15) is 5.10 Å². The molecule has 1 amide bonds. The van der Waals surface area contributed by atoms with Crippen LogP contribution in [0.25, 0.3) is 11.3 Å². The van der Waals surface area contributed by atoms with E-state index in [0.29, 0.717) is 36.8 Å². The van der Waals surface area contributed by atoms with Crippen LogP contribution < -0.4 is 15.6 Å². The lowest BCUT2D eigenvalue weighted by atomic mass is 10.1. The van der Waals surface area contributed by atoms with Gasteiger partial charge in [0.15, 0.2) is 0 Å². The minimum atomic E-state index is -0.207. The summed E-state index contributed by atoms with van der Waals surface area (Å²) in [6, 6.07) is 12.3. The number of hydrogen-bond donors (Lipinski definition) is 1. The molecule has 0 bridgehead atoms. The van der Waals surface area contributed by atoms with Gasteiger partial charge in [-0.05, 0) is 50.6 Å². The molecule has 0 atom stereocenters. The zero-order chi connectivity index (χ0) is 19.9. The Morgan fingerprint density at radius 3 is 2.68 bits per heavy atom. The number of benzene rings is 1. The summed E-state index contributed by atoms with van der Waals surface area (Å²) in [5, 5.41) is 10.7. The van der Waals surface area contributed by atoms with Crippen LogP contribution >= 0.6 is 0 Å². The molecule has 8 heteroatoms. The van der Waals surface area contributed by atoms with E-state index in [9.17, 15) is 9.59 Å². The molecule has 0 spiro atoms. The van der Waals surface area contributed by atoms with Crippen LogP contribution in [0, 0.1) is 6.92 Å². The molecule has 146 valence electrons. The highest BCUT2D eigenvalue weighted by atomic mass is 16.5. The van der Waals surface area contributed by atoms with Gasteiger partial charge in [0.05, 0.1) is 18.0 Å². The average molecular weight is 382 g/mol. The first kappa shape index (κ1) is 19.3. The second-order valence-electron chi connectivity index (χ2n) is 6.22. The molecule has 3 aromatic rings. The lowest BCUT2D eigenvalue weighted by molar-refractivity contribution is -0.116. The molecule has 1 aromatic carbocycles. The van der Waals surface area contributed by atoms with Crippen LogP contribution in [0.15, 0.2) is 51.8 Å². The van der Waals surface area contributed by atoms with E-state index in [2.05, 4.69) is 15.6 Å². The maximum absolute atomic E-state index is 12.1. The highest BCUT2D eigenvalue weighted by molar-refractivity contribution is 5.89. The van der Waals surface area contributed by atoms with E-state index < -0.39 is 0 Å². The molecule has 2 aromatic heterocycles. The van der Waals surface area contributed by atoms with Gasteiger partial charge in [-0.25, -0.2) is 4.68 Å². The SMILES string of the molecule is CCOc1ccc(-c2ccc(=O)n(CCCC(=O)Nc3cc(C)no3)n2)cc1. The Balaban J connectivity index is 1.60. The summed E-state index contributed by atoms with van der Waals surface area (Å²) in [5.74, 6) is 0.898. The van der Waals surface area contributed by atoms with Gasteiger partial charge in [0.25, 0.3) is 5.56 Å². The second kappa shape index (κ2) is 8.98. The maximum atomic E-state index is 12.1. The van der Waals surface area contributed by atoms with Gasteiger partial charge in [-0.15, -0.1) is 0 Å². The van der Waals surface area contributed by atoms with Crippen molar-refractivity contribution in [3.63, 3.8) is 0 Å². The van der Waals surface area contributed by atoms with Crippen LogP contribution in [-0.4, -0.2) is 27.5 Å². The number of hydrogen-bond acceptors (Lipinski definition) is 6. The van der Waals surface area contributed by atoms with E-state index in [1.165, 1.54) is 10.7 Å². The number of nitrogens with one attached hydrogen (secondary N) is 1. The molecule has 0 aliphatic heterocycles. The Morgan fingerprint density at radius 2 is 2.00 bits per heavy atom. The number of carbonyl (C=O) groups excluding carboxylic acids is 1. The Hall–Kier alpha value is -3.42. The summed E-state index contributed by atoms with van der Waals surface area (Å²) in [7, 11) is 0. The highest BCUT2D eigenvalue weighted by Gasteiger charge is 2.08. The third-order valence-corrected chi connectivity index (χ3v) is 3.99. The van der Waals surface area contributed by atoms with Gasteiger partial charge in [0.1, 0.15) is 5.75 Å². The van der Waals surface area contributed by atoms with Gasteiger partial charge in [-0.3, -0.25) is 14.9 Å². The zero-order valence-electron chi connectivity index (χ0n) is 15.8. The number of anilines is 1. The highest BCUT2D eigenvalue weighted by Crippen LogP contribution is 2.20. The van der Waals surface area contributed by atoms with Gasteiger partial charge >= 0.3 is 0 Å². The fraction of sp³-hybridized carbons (Fsp3) is 0.300. The van der Waals surface area contributed by atoms with Crippen molar-refractivity contribution in [3.8, 4) is 17.0 Å². The Bertz CT molecular complexity index is 992. The minimum Gasteiger partial charge on any atom is -0.494 e. The molecular formula is C20H22N4O4. The average Bonchev–Trinajstić information content (AvgIpc) is 3.09. The quantitative estimate of drug-likeness (QED) is 0.643. The van der Waals surface area contributed by atoms with Gasteiger partial charge in [0, 0.05) is 30.7 Å². The van der Waals surface area contributed by atoms with Crippen LogP contribution in [-0.2, 0) is 11.3 Å². The summed E-state index contributed by atoms with van der Waals surface area (Å²) in [6.45, 7) is 4.64. The number of nitrogens with zero attached hydrogens (tertiary/aromatic N) is 3. The molecule has 0 radical (unpaired) electrons. The first-order valence-corrected chi connectivity index (χ1v) is 9.09. The number of aromatic nitrogens is 3. The molecule has 0 aliphatic carbocycles. The fourth-order valence-electron chi connectivity index (χ4n) is 2.66. The molecule has 0 saturated carbocycles. The minimum absolute atomic E-state index is 0.202. The first-order valence-electron chi connectivity index (χ1n) is 9.09. The Labute approximate surface area is 162 Å². The van der Waals surface area contributed by atoms with Crippen molar-refractivity contribution in [2.75, 3.05) is 11.9 Å². The lowest BCUT2D eigenvalue weighted by Crippen LogP contribution is -2.23. The van der Waals surface area contributed by atoms with E-state index in [4.69, 9.17) is 9.26 Å². The lowest BCUT2D eigenvalue weighted by Gasteiger charge is -2.08. The Morgan fingerprint density at radius 1 is 1.21 bits per heavy atom. The molecule has 1 N–H and O–H groups in total. The normalized spacial score (nSPS) is 10.6. The van der Waals surface area contributed by atoms with E-state index in [1.807, 2.05) is 31.2 Å². The van der Waals surface area contributed by atoms with Crippen molar-refractivity contribution in [3.05, 3.63) is 58.5 Å². The molecule has 0 fully saturated rings. The molecular weight excluding hydrogens is 360 g/mol. The molecule has 0 unspecified atom stereocenters. The molecule has 0 aliphatic rings. The Kier molecular flexibility index (Phi) is 6.21. The number of rotatable bonds is 8. The third-order valence-electron chi connectivity index (χ3n) is 3.99. The second-order valence-corrected chi connectivity index (χ2v) is 6.22. The summed E-state index contributed by atoms with van der Waals surface area (Å²) in [4.78, 5) is 24.0. The van der Waals surface area contributed by atoms with E-state index >= 15 is 0 Å². The summed E-state index contributed by atoms with van der Waals surface area (Å²) in [5.41, 5.74) is 2.05. The van der Waals surface area contributed by atoms with Crippen LogP contribution in [0.3, 0.4) is 0 Å². The van der Waals surface area contributed by atoms with Gasteiger partial charge in [-0.1, -0.05) is 5.16 Å². The van der Waals surface area contributed by atoms with Gasteiger partial charge < -0.3 is 9.26 Å². The summed E-state index contributed by atoms with van der Waals surface area (Å²) in [6.07, 6.45) is 0.708. The first-order chi connectivity index (χ1) is 13.5. The summed E-state index contributed by atoms with van der Waals surface area (Å²) < 4.78 is 11.8. The van der Waals surface area contributed by atoms with Crippen molar-refractivity contribution in [1.29, 1.82) is 0 Å². The monoisotopic (exact) mass is 382 g/mol. The van der Waals surface area contributed by atoms with Crippen molar-refractivity contribution >= 4 is 11.8 Å². The predicted octanol–water partition coefficient (Wildman–Crippen LogP) is 3.02. The topological polar surface area (TPSA) is 99.2 Å². The van der Waals surface area contributed by atoms with E-state index in [-0.39, 0.29) is 17.9 Å². The van der Waals surface area contributed by atoms with Crippen LogP contribution in [0.5, 0.6) is 5.75 Å². The molecule has 8 nitrogen and oxygen atoms in total. The molecule has 3 rings (SSSR count).